The van der Waals surface area contributed by atoms with Crippen LogP contribution < -0.4 is 14.8 Å². The molecule has 0 saturated heterocycles. The Morgan fingerprint density at radius 3 is 2.65 bits per heavy atom. The average Bonchev–Trinajstić information content (AvgIpc) is 2.46. The number of methoxy groups -OCH3 is 3. The summed E-state index contributed by atoms with van der Waals surface area (Å²) >= 11 is 6.00. The second kappa shape index (κ2) is 8.66. The number of carbonyl (C=O) groups is 1. The predicted octanol–water partition coefficient (Wildman–Crippen LogP) is 2.08. The molecule has 0 heterocycles. The highest BCUT2D eigenvalue weighted by molar-refractivity contribution is 6.20. The Bertz CT molecular complexity index is 439. The van der Waals surface area contributed by atoms with E-state index in [1.54, 1.807) is 32.4 Å². The molecule has 1 atom stereocenters. The molecule has 0 aliphatic rings. The number of hydrogen-bond donors (Lipinski definition) is 1. The molecular formula is C14H20ClNO4. The van der Waals surface area contributed by atoms with Crippen LogP contribution in [0.2, 0.25) is 0 Å². The summed E-state index contributed by atoms with van der Waals surface area (Å²) in [6.45, 7) is 0.927. The first-order chi connectivity index (χ1) is 9.62. The third kappa shape index (κ3) is 4.90. The van der Waals surface area contributed by atoms with Crippen molar-refractivity contribution in [2.75, 3.05) is 34.5 Å². The maximum atomic E-state index is 12.1. The van der Waals surface area contributed by atoms with E-state index in [0.29, 0.717) is 36.6 Å². The summed E-state index contributed by atoms with van der Waals surface area (Å²) in [6, 6.07) is 5.08. The van der Waals surface area contributed by atoms with Gasteiger partial charge < -0.3 is 19.5 Å². The third-order valence-corrected chi connectivity index (χ3v) is 3.09. The zero-order valence-electron chi connectivity index (χ0n) is 11.9. The van der Waals surface area contributed by atoms with Crippen LogP contribution in [0.3, 0.4) is 0 Å². The molecule has 20 heavy (non-hydrogen) atoms. The standard InChI is InChI=1S/C14H20ClNO4/c1-18-9-10(15)6-7-16-14(17)12-8-11(19-2)4-5-13(12)20-3/h4-5,8,10H,6-7,9H2,1-3H3,(H,16,17). The number of halogens is 1. The Hall–Kier alpha value is -1.46. The topological polar surface area (TPSA) is 56.8 Å². The molecule has 1 unspecified atom stereocenters. The molecule has 1 amide bonds. The van der Waals surface area contributed by atoms with Gasteiger partial charge in [-0.2, -0.15) is 0 Å². The van der Waals surface area contributed by atoms with Gasteiger partial charge in [-0.3, -0.25) is 4.79 Å². The Labute approximate surface area is 124 Å². The van der Waals surface area contributed by atoms with Crippen LogP contribution in [0.25, 0.3) is 0 Å². The normalized spacial score (nSPS) is 11.8. The smallest absolute Gasteiger partial charge is 0.255 e. The SMILES string of the molecule is COCC(Cl)CCNC(=O)c1cc(OC)ccc1OC. The molecule has 0 spiro atoms. The predicted molar refractivity (Wildman–Crippen MR) is 78.0 cm³/mol. The van der Waals surface area contributed by atoms with Gasteiger partial charge in [0.05, 0.1) is 31.8 Å². The van der Waals surface area contributed by atoms with E-state index in [4.69, 9.17) is 25.8 Å². The minimum Gasteiger partial charge on any atom is -0.497 e. The van der Waals surface area contributed by atoms with Gasteiger partial charge in [-0.25, -0.2) is 0 Å². The Balaban J connectivity index is 2.62. The number of ether oxygens (including phenoxy) is 3. The fourth-order valence-corrected chi connectivity index (χ4v) is 1.93. The highest BCUT2D eigenvalue weighted by Gasteiger charge is 2.14. The molecular weight excluding hydrogens is 282 g/mol. The van der Waals surface area contributed by atoms with Crippen LogP contribution in [0.1, 0.15) is 16.8 Å². The molecule has 6 heteroatoms. The van der Waals surface area contributed by atoms with Gasteiger partial charge in [-0.15, -0.1) is 11.6 Å². The number of hydrogen-bond acceptors (Lipinski definition) is 4. The molecule has 1 rings (SSSR count). The molecule has 5 nitrogen and oxygen atoms in total. The first-order valence-corrected chi connectivity index (χ1v) is 6.69. The van der Waals surface area contributed by atoms with Crippen molar-refractivity contribution in [3.05, 3.63) is 23.8 Å². The van der Waals surface area contributed by atoms with Gasteiger partial charge in [0, 0.05) is 13.7 Å². The van der Waals surface area contributed by atoms with Crippen molar-refractivity contribution in [3.8, 4) is 11.5 Å². The lowest BCUT2D eigenvalue weighted by Gasteiger charge is -2.12. The molecule has 0 fully saturated rings. The van der Waals surface area contributed by atoms with Gasteiger partial charge in [0.2, 0.25) is 0 Å². The highest BCUT2D eigenvalue weighted by atomic mass is 35.5. The van der Waals surface area contributed by atoms with Crippen molar-refractivity contribution in [2.24, 2.45) is 0 Å². The average molecular weight is 302 g/mol. The van der Waals surface area contributed by atoms with E-state index >= 15 is 0 Å². The number of rotatable bonds is 8. The fourth-order valence-electron chi connectivity index (χ4n) is 1.69. The van der Waals surface area contributed by atoms with Crippen LogP contribution in [0.4, 0.5) is 0 Å². The molecule has 0 aromatic heterocycles. The van der Waals surface area contributed by atoms with Crippen LogP contribution >= 0.6 is 11.6 Å². The van der Waals surface area contributed by atoms with Gasteiger partial charge >= 0.3 is 0 Å². The summed E-state index contributed by atoms with van der Waals surface area (Å²) < 4.78 is 15.2. The van der Waals surface area contributed by atoms with E-state index in [1.165, 1.54) is 7.11 Å². The summed E-state index contributed by atoms with van der Waals surface area (Å²) in [6.07, 6.45) is 0.632. The van der Waals surface area contributed by atoms with E-state index in [0.717, 1.165) is 0 Å². The lowest BCUT2D eigenvalue weighted by Crippen LogP contribution is -2.27. The Morgan fingerprint density at radius 1 is 1.30 bits per heavy atom. The van der Waals surface area contributed by atoms with Gasteiger partial charge in [-0.1, -0.05) is 0 Å². The van der Waals surface area contributed by atoms with Crippen molar-refractivity contribution in [1.29, 1.82) is 0 Å². The summed E-state index contributed by atoms with van der Waals surface area (Å²) in [5.74, 6) is 0.884. The number of benzene rings is 1. The van der Waals surface area contributed by atoms with Gasteiger partial charge in [0.25, 0.3) is 5.91 Å². The van der Waals surface area contributed by atoms with E-state index < -0.39 is 0 Å². The van der Waals surface area contributed by atoms with Crippen molar-refractivity contribution in [3.63, 3.8) is 0 Å². The maximum Gasteiger partial charge on any atom is 0.255 e. The summed E-state index contributed by atoms with van der Waals surface area (Å²) in [5, 5.41) is 2.68. The summed E-state index contributed by atoms with van der Waals surface area (Å²) in [7, 11) is 4.66. The first-order valence-electron chi connectivity index (χ1n) is 6.25. The van der Waals surface area contributed by atoms with E-state index in [2.05, 4.69) is 5.32 Å². The number of alkyl halides is 1. The monoisotopic (exact) mass is 301 g/mol. The number of nitrogens with one attached hydrogen (secondary N) is 1. The molecule has 0 aliphatic heterocycles. The van der Waals surface area contributed by atoms with Crippen molar-refractivity contribution in [2.45, 2.75) is 11.8 Å². The zero-order valence-corrected chi connectivity index (χ0v) is 12.7. The quantitative estimate of drug-likeness (QED) is 0.747. The number of carbonyl (C=O) groups excluding carboxylic acids is 1. The van der Waals surface area contributed by atoms with Gasteiger partial charge in [0.15, 0.2) is 0 Å². The molecule has 112 valence electrons. The second-order valence-electron chi connectivity index (χ2n) is 4.16. The Kier molecular flexibility index (Phi) is 7.18. The van der Waals surface area contributed by atoms with Crippen LogP contribution in [0, 0.1) is 0 Å². The first kappa shape index (κ1) is 16.6. The van der Waals surface area contributed by atoms with E-state index in [1.807, 2.05) is 0 Å². The molecule has 0 radical (unpaired) electrons. The van der Waals surface area contributed by atoms with E-state index in [-0.39, 0.29) is 11.3 Å². The molecule has 1 aromatic rings. The van der Waals surface area contributed by atoms with Crippen molar-refractivity contribution < 1.29 is 19.0 Å². The molecule has 0 bridgehead atoms. The molecule has 0 aliphatic carbocycles. The highest BCUT2D eigenvalue weighted by Crippen LogP contribution is 2.23. The Morgan fingerprint density at radius 2 is 2.05 bits per heavy atom. The molecule has 0 saturated carbocycles. The van der Waals surface area contributed by atoms with Crippen LogP contribution in [-0.4, -0.2) is 45.8 Å². The van der Waals surface area contributed by atoms with Crippen LogP contribution in [0.15, 0.2) is 18.2 Å². The van der Waals surface area contributed by atoms with Crippen molar-refractivity contribution in [1.82, 2.24) is 5.32 Å². The van der Waals surface area contributed by atoms with E-state index in [9.17, 15) is 4.79 Å². The summed E-state index contributed by atoms with van der Waals surface area (Å²) in [4.78, 5) is 12.1. The fraction of sp³-hybridized carbons (Fsp3) is 0.500. The molecule has 1 N–H and O–H groups in total. The van der Waals surface area contributed by atoms with Gasteiger partial charge in [0.1, 0.15) is 11.5 Å². The minimum absolute atomic E-state index is 0.118. The van der Waals surface area contributed by atoms with Crippen LogP contribution in [0.5, 0.6) is 11.5 Å². The maximum absolute atomic E-state index is 12.1. The minimum atomic E-state index is -0.220. The third-order valence-electron chi connectivity index (χ3n) is 2.74. The lowest BCUT2D eigenvalue weighted by atomic mass is 10.1. The zero-order chi connectivity index (χ0) is 15.0. The van der Waals surface area contributed by atoms with Crippen molar-refractivity contribution >= 4 is 17.5 Å². The number of amides is 1. The summed E-state index contributed by atoms with van der Waals surface area (Å²) in [5.41, 5.74) is 0.435. The second-order valence-corrected chi connectivity index (χ2v) is 4.78. The largest absolute Gasteiger partial charge is 0.497 e. The van der Waals surface area contributed by atoms with Gasteiger partial charge in [-0.05, 0) is 24.6 Å². The van der Waals surface area contributed by atoms with Crippen LogP contribution in [-0.2, 0) is 4.74 Å². The lowest BCUT2D eigenvalue weighted by molar-refractivity contribution is 0.0948. The molecule has 1 aromatic carbocycles.